The van der Waals surface area contributed by atoms with Crippen LogP contribution in [0.4, 0.5) is 11.4 Å². The molecule has 0 aliphatic rings. The van der Waals surface area contributed by atoms with Crippen LogP contribution in [0, 0.1) is 0 Å². The van der Waals surface area contributed by atoms with Crippen LogP contribution in [0.2, 0.25) is 0 Å². The van der Waals surface area contributed by atoms with Gasteiger partial charge in [0, 0.05) is 17.4 Å². The molecule has 0 bridgehead atoms. The summed E-state index contributed by atoms with van der Waals surface area (Å²) < 4.78 is 4.70. The van der Waals surface area contributed by atoms with Crippen LogP contribution in [0.5, 0.6) is 0 Å². The van der Waals surface area contributed by atoms with Gasteiger partial charge >= 0.3 is 5.97 Å². The van der Waals surface area contributed by atoms with E-state index < -0.39 is 5.97 Å². The third-order valence-electron chi connectivity index (χ3n) is 2.88. The van der Waals surface area contributed by atoms with Gasteiger partial charge in [0.05, 0.1) is 12.7 Å². The maximum Gasteiger partial charge on any atom is 0.340 e. The van der Waals surface area contributed by atoms with E-state index in [4.69, 9.17) is 10.5 Å². The molecular weight excluding hydrogens is 242 g/mol. The van der Waals surface area contributed by atoms with Crippen molar-refractivity contribution in [3.05, 3.63) is 23.8 Å². The molecule has 5 nitrogen and oxygen atoms in total. The topological polar surface area (TPSA) is 67.6 Å². The smallest absolute Gasteiger partial charge is 0.340 e. The minimum absolute atomic E-state index is 0.316. The molecule has 106 valence electrons. The van der Waals surface area contributed by atoms with Gasteiger partial charge in [0.2, 0.25) is 0 Å². The minimum Gasteiger partial charge on any atom is -0.465 e. The first-order chi connectivity index (χ1) is 8.93. The zero-order valence-electron chi connectivity index (χ0n) is 12.1. The van der Waals surface area contributed by atoms with Gasteiger partial charge in [-0.1, -0.05) is 0 Å². The van der Waals surface area contributed by atoms with Crippen LogP contribution in [0.15, 0.2) is 18.2 Å². The molecule has 19 heavy (non-hydrogen) atoms. The van der Waals surface area contributed by atoms with Crippen LogP contribution in [-0.4, -0.2) is 44.7 Å². The molecule has 0 spiro atoms. The Labute approximate surface area is 114 Å². The summed E-state index contributed by atoms with van der Waals surface area (Å²) >= 11 is 0. The predicted octanol–water partition coefficient (Wildman–Crippen LogP) is 1.81. The lowest BCUT2D eigenvalue weighted by Crippen LogP contribution is -2.23. The zero-order chi connectivity index (χ0) is 14.4. The number of carbonyl (C=O) groups excluding carboxylic acids is 1. The SMILES string of the molecule is COC(=O)c1cc(NC(C)CCN(C)C)ccc1N. The summed E-state index contributed by atoms with van der Waals surface area (Å²) in [5, 5.41) is 3.35. The van der Waals surface area contributed by atoms with E-state index in [1.165, 1.54) is 7.11 Å². The number of hydrogen-bond acceptors (Lipinski definition) is 5. The first kappa shape index (κ1) is 15.3. The quantitative estimate of drug-likeness (QED) is 0.606. The standard InChI is InChI=1S/C14H23N3O2/c1-10(7-8-17(2)3)16-11-5-6-13(15)12(9-11)14(18)19-4/h5-6,9-10,16H,7-8,15H2,1-4H3. The second-order valence-corrected chi connectivity index (χ2v) is 4.93. The van der Waals surface area contributed by atoms with Gasteiger partial charge in [0.25, 0.3) is 0 Å². The van der Waals surface area contributed by atoms with Crippen molar-refractivity contribution in [3.8, 4) is 0 Å². The van der Waals surface area contributed by atoms with Crippen molar-refractivity contribution in [3.63, 3.8) is 0 Å². The Morgan fingerprint density at radius 2 is 2.16 bits per heavy atom. The van der Waals surface area contributed by atoms with Gasteiger partial charge in [-0.2, -0.15) is 0 Å². The van der Waals surface area contributed by atoms with E-state index >= 15 is 0 Å². The first-order valence-corrected chi connectivity index (χ1v) is 6.33. The van der Waals surface area contributed by atoms with Crippen LogP contribution in [-0.2, 0) is 4.74 Å². The van der Waals surface area contributed by atoms with Crippen molar-refractivity contribution in [1.82, 2.24) is 4.90 Å². The molecule has 3 N–H and O–H groups in total. The highest BCUT2D eigenvalue weighted by Crippen LogP contribution is 2.19. The average molecular weight is 265 g/mol. The van der Waals surface area contributed by atoms with Crippen molar-refractivity contribution in [2.45, 2.75) is 19.4 Å². The lowest BCUT2D eigenvalue weighted by atomic mass is 10.1. The van der Waals surface area contributed by atoms with Crippen molar-refractivity contribution < 1.29 is 9.53 Å². The maximum absolute atomic E-state index is 11.6. The number of ether oxygens (including phenoxy) is 1. The molecule has 0 heterocycles. The Morgan fingerprint density at radius 1 is 1.47 bits per heavy atom. The molecule has 5 heteroatoms. The van der Waals surface area contributed by atoms with E-state index in [2.05, 4.69) is 17.1 Å². The van der Waals surface area contributed by atoms with Crippen molar-refractivity contribution in [2.24, 2.45) is 0 Å². The monoisotopic (exact) mass is 265 g/mol. The van der Waals surface area contributed by atoms with Crippen LogP contribution >= 0.6 is 0 Å². The van der Waals surface area contributed by atoms with Gasteiger partial charge in [0.15, 0.2) is 0 Å². The highest BCUT2D eigenvalue weighted by molar-refractivity contribution is 5.96. The predicted molar refractivity (Wildman–Crippen MR) is 78.4 cm³/mol. The maximum atomic E-state index is 11.6. The van der Waals surface area contributed by atoms with Crippen LogP contribution in [0.3, 0.4) is 0 Å². The minimum atomic E-state index is -0.415. The normalized spacial score (nSPS) is 12.3. The summed E-state index contributed by atoms with van der Waals surface area (Å²) in [7, 11) is 5.44. The van der Waals surface area contributed by atoms with Gasteiger partial charge in [-0.05, 0) is 52.2 Å². The third kappa shape index (κ3) is 4.79. The summed E-state index contributed by atoms with van der Waals surface area (Å²) in [5.41, 5.74) is 7.46. The number of nitrogen functional groups attached to an aromatic ring is 1. The molecule has 1 aromatic carbocycles. The summed E-state index contributed by atoms with van der Waals surface area (Å²) in [6.07, 6.45) is 1.02. The van der Waals surface area contributed by atoms with Gasteiger partial charge in [-0.25, -0.2) is 4.79 Å². The number of benzene rings is 1. The molecule has 0 aliphatic heterocycles. The van der Waals surface area contributed by atoms with Gasteiger partial charge in [-0.15, -0.1) is 0 Å². The van der Waals surface area contributed by atoms with E-state index in [9.17, 15) is 4.79 Å². The fraction of sp³-hybridized carbons (Fsp3) is 0.500. The number of rotatable bonds is 6. The molecule has 0 aliphatic carbocycles. The van der Waals surface area contributed by atoms with Crippen LogP contribution in [0.1, 0.15) is 23.7 Å². The Balaban J connectivity index is 2.71. The number of carbonyl (C=O) groups is 1. The number of esters is 1. The number of nitrogens with one attached hydrogen (secondary N) is 1. The largest absolute Gasteiger partial charge is 0.465 e. The van der Waals surface area contributed by atoms with E-state index in [1.54, 1.807) is 12.1 Å². The molecule has 1 aromatic rings. The van der Waals surface area contributed by atoms with Gasteiger partial charge in [0.1, 0.15) is 0 Å². The Bertz CT molecular complexity index is 433. The molecule has 0 aromatic heterocycles. The lowest BCUT2D eigenvalue weighted by Gasteiger charge is -2.18. The molecule has 1 atom stereocenters. The summed E-state index contributed by atoms with van der Waals surface area (Å²) in [6.45, 7) is 3.12. The number of nitrogens with zero attached hydrogens (tertiary/aromatic N) is 1. The van der Waals surface area contributed by atoms with Crippen LogP contribution in [0.25, 0.3) is 0 Å². The number of nitrogens with two attached hydrogens (primary N) is 1. The highest BCUT2D eigenvalue weighted by Gasteiger charge is 2.11. The first-order valence-electron chi connectivity index (χ1n) is 6.33. The van der Waals surface area contributed by atoms with E-state index in [0.29, 0.717) is 17.3 Å². The van der Waals surface area contributed by atoms with Crippen molar-refractivity contribution in [1.29, 1.82) is 0 Å². The second-order valence-electron chi connectivity index (χ2n) is 4.93. The summed E-state index contributed by atoms with van der Waals surface area (Å²) in [4.78, 5) is 13.7. The van der Waals surface area contributed by atoms with Crippen molar-refractivity contribution >= 4 is 17.3 Å². The fourth-order valence-corrected chi connectivity index (χ4v) is 1.74. The van der Waals surface area contributed by atoms with E-state index in [1.807, 2.05) is 20.2 Å². The molecule has 0 radical (unpaired) electrons. The second kappa shape index (κ2) is 6.99. The molecule has 0 saturated carbocycles. The van der Waals surface area contributed by atoms with E-state index in [0.717, 1.165) is 18.7 Å². The van der Waals surface area contributed by atoms with Gasteiger partial charge < -0.3 is 20.7 Å². The molecule has 1 unspecified atom stereocenters. The van der Waals surface area contributed by atoms with Gasteiger partial charge in [-0.3, -0.25) is 0 Å². The molecule has 0 saturated heterocycles. The molecular formula is C14H23N3O2. The van der Waals surface area contributed by atoms with Crippen molar-refractivity contribution in [2.75, 3.05) is 38.8 Å². The zero-order valence-corrected chi connectivity index (χ0v) is 12.1. The average Bonchev–Trinajstić information content (AvgIpc) is 2.37. The van der Waals surface area contributed by atoms with Crippen LogP contribution < -0.4 is 11.1 Å². The molecule has 1 rings (SSSR count). The summed E-state index contributed by atoms with van der Waals surface area (Å²) in [5.74, 6) is -0.415. The Hall–Kier alpha value is -1.75. The summed E-state index contributed by atoms with van der Waals surface area (Å²) in [6, 6.07) is 5.63. The Morgan fingerprint density at radius 3 is 2.74 bits per heavy atom. The highest BCUT2D eigenvalue weighted by atomic mass is 16.5. The molecule has 0 fully saturated rings. The Kier molecular flexibility index (Phi) is 5.63. The number of anilines is 2. The molecule has 0 amide bonds. The third-order valence-corrected chi connectivity index (χ3v) is 2.88. The number of hydrogen-bond donors (Lipinski definition) is 2. The number of methoxy groups -OCH3 is 1. The lowest BCUT2D eigenvalue weighted by molar-refractivity contribution is 0.0602. The van der Waals surface area contributed by atoms with E-state index in [-0.39, 0.29) is 0 Å². The fourth-order valence-electron chi connectivity index (χ4n) is 1.74.